The maximum Gasteiger partial charge on any atom is 0.254 e. The van der Waals surface area contributed by atoms with Crippen molar-refractivity contribution in [3.63, 3.8) is 0 Å². The monoisotopic (exact) mass is 497 g/mol. The highest BCUT2D eigenvalue weighted by Gasteiger charge is 2.48. The van der Waals surface area contributed by atoms with Crippen LogP contribution < -0.4 is 5.32 Å². The molecule has 0 bridgehead atoms. The van der Waals surface area contributed by atoms with Gasteiger partial charge in [0.05, 0.1) is 12.2 Å². The van der Waals surface area contributed by atoms with Crippen LogP contribution in [0.25, 0.3) is 0 Å². The predicted octanol–water partition coefficient (Wildman–Crippen LogP) is 4.32. The first-order valence-corrected chi connectivity index (χ1v) is 11.9. The highest BCUT2D eigenvalue weighted by atomic mass is 79.9. The van der Waals surface area contributed by atoms with Crippen LogP contribution in [0.15, 0.2) is 59.1 Å². The summed E-state index contributed by atoms with van der Waals surface area (Å²) in [7, 11) is 1.63. The molecule has 0 spiro atoms. The van der Waals surface area contributed by atoms with Crippen molar-refractivity contribution < 1.29 is 14.4 Å². The van der Waals surface area contributed by atoms with Gasteiger partial charge in [0.25, 0.3) is 5.91 Å². The number of likely N-dealkylation sites (tertiary alicyclic amines) is 1. The third kappa shape index (κ3) is 4.72. The number of carbonyl (C=O) groups is 3. The van der Waals surface area contributed by atoms with E-state index >= 15 is 0 Å². The number of anilines is 1. The van der Waals surface area contributed by atoms with Gasteiger partial charge in [0.15, 0.2) is 0 Å². The van der Waals surface area contributed by atoms with E-state index in [1.54, 1.807) is 25.2 Å². The lowest BCUT2D eigenvalue weighted by Gasteiger charge is -2.34. The van der Waals surface area contributed by atoms with E-state index in [2.05, 4.69) is 21.2 Å². The number of nitrogens with one attached hydrogen (secondary N) is 1. The average molecular weight is 498 g/mol. The molecule has 1 saturated carbocycles. The van der Waals surface area contributed by atoms with Gasteiger partial charge < -0.3 is 15.1 Å². The van der Waals surface area contributed by atoms with Crippen LogP contribution in [0.4, 0.5) is 5.69 Å². The Labute approximate surface area is 197 Å². The number of halogens is 1. The van der Waals surface area contributed by atoms with Crippen LogP contribution in [-0.2, 0) is 9.59 Å². The van der Waals surface area contributed by atoms with E-state index in [1.807, 2.05) is 41.3 Å². The van der Waals surface area contributed by atoms with Gasteiger partial charge in [-0.1, -0.05) is 43.2 Å². The van der Waals surface area contributed by atoms with Gasteiger partial charge >= 0.3 is 0 Å². The van der Waals surface area contributed by atoms with Crippen molar-refractivity contribution in [1.82, 2.24) is 9.80 Å². The van der Waals surface area contributed by atoms with Crippen molar-refractivity contribution in [2.75, 3.05) is 18.9 Å². The smallest absolute Gasteiger partial charge is 0.254 e. The van der Waals surface area contributed by atoms with E-state index in [0.717, 1.165) is 30.2 Å². The number of carbonyl (C=O) groups excluding carboxylic acids is 3. The minimum Gasteiger partial charge on any atom is -0.335 e. The summed E-state index contributed by atoms with van der Waals surface area (Å²) < 4.78 is 0.779. The Morgan fingerprint density at radius 1 is 1.03 bits per heavy atom. The molecule has 2 fully saturated rings. The van der Waals surface area contributed by atoms with Crippen LogP contribution >= 0.6 is 15.9 Å². The molecule has 2 aromatic carbocycles. The second-order valence-corrected chi connectivity index (χ2v) is 9.52. The standard InChI is InChI=1S/C25H28BrN3O3/c1-28(16-23(30)27-20-13-7-6-12-19(20)26)25(32)22-15-18-11-5-8-14-21(18)29(22)24(31)17-9-3-2-4-10-17/h2-4,6-7,9-10,12-13,18,21-22H,5,8,11,14-16H2,1H3,(H,27,30). The SMILES string of the molecule is CN(CC(=O)Nc1ccccc1Br)C(=O)C1CC2CCCCC2N1C(=O)c1ccccc1. The molecule has 3 atom stereocenters. The van der Waals surface area contributed by atoms with E-state index in [1.165, 1.54) is 4.90 Å². The van der Waals surface area contributed by atoms with Gasteiger partial charge in [-0.15, -0.1) is 0 Å². The predicted molar refractivity (Wildman–Crippen MR) is 127 cm³/mol. The molecule has 1 aliphatic heterocycles. The highest BCUT2D eigenvalue weighted by Crippen LogP contribution is 2.41. The summed E-state index contributed by atoms with van der Waals surface area (Å²) >= 11 is 3.42. The molecule has 168 valence electrons. The van der Waals surface area contributed by atoms with Crippen molar-refractivity contribution in [3.05, 3.63) is 64.6 Å². The van der Waals surface area contributed by atoms with E-state index in [-0.39, 0.29) is 30.3 Å². The maximum absolute atomic E-state index is 13.4. The van der Waals surface area contributed by atoms with Gasteiger partial charge in [0.2, 0.25) is 11.8 Å². The molecule has 2 aromatic rings. The van der Waals surface area contributed by atoms with Crippen molar-refractivity contribution in [3.8, 4) is 0 Å². The number of nitrogens with zero attached hydrogens (tertiary/aromatic N) is 2. The van der Waals surface area contributed by atoms with Crippen LogP contribution in [0.2, 0.25) is 0 Å². The number of rotatable bonds is 5. The van der Waals surface area contributed by atoms with E-state index in [0.29, 0.717) is 23.6 Å². The normalized spacial score (nSPS) is 22.2. The zero-order valence-corrected chi connectivity index (χ0v) is 19.8. The Balaban J connectivity index is 1.49. The lowest BCUT2D eigenvalue weighted by Crippen LogP contribution is -2.51. The van der Waals surface area contributed by atoms with Crippen LogP contribution in [0, 0.1) is 5.92 Å². The third-order valence-corrected chi connectivity index (χ3v) is 7.22. The quantitative estimate of drug-likeness (QED) is 0.668. The number of amides is 3. The Morgan fingerprint density at radius 2 is 1.72 bits per heavy atom. The lowest BCUT2D eigenvalue weighted by atomic mass is 9.84. The Kier molecular flexibility index (Phi) is 6.94. The van der Waals surface area contributed by atoms with Gasteiger partial charge in [-0.25, -0.2) is 0 Å². The molecule has 0 radical (unpaired) electrons. The summed E-state index contributed by atoms with van der Waals surface area (Å²) in [6.07, 6.45) is 4.85. The molecule has 0 aromatic heterocycles. The Morgan fingerprint density at radius 3 is 2.47 bits per heavy atom. The zero-order chi connectivity index (χ0) is 22.7. The molecule has 6 nitrogen and oxygen atoms in total. The summed E-state index contributed by atoms with van der Waals surface area (Å²) in [6.45, 7) is -0.0701. The first-order chi connectivity index (χ1) is 15.5. The molecular formula is C25H28BrN3O3. The molecule has 1 N–H and O–H groups in total. The number of hydrogen-bond donors (Lipinski definition) is 1. The van der Waals surface area contributed by atoms with Gasteiger partial charge in [0, 0.05) is 23.1 Å². The number of hydrogen-bond acceptors (Lipinski definition) is 3. The molecule has 1 heterocycles. The van der Waals surface area contributed by atoms with E-state index in [9.17, 15) is 14.4 Å². The van der Waals surface area contributed by atoms with Crippen molar-refractivity contribution in [2.24, 2.45) is 5.92 Å². The molecular weight excluding hydrogens is 470 g/mol. The number of para-hydroxylation sites is 1. The topological polar surface area (TPSA) is 69.7 Å². The summed E-state index contributed by atoms with van der Waals surface area (Å²) in [5.41, 5.74) is 1.26. The van der Waals surface area contributed by atoms with Gasteiger partial charge in [-0.05, 0) is 65.4 Å². The third-order valence-electron chi connectivity index (χ3n) is 6.53. The molecule has 3 amide bonds. The van der Waals surface area contributed by atoms with E-state index < -0.39 is 6.04 Å². The van der Waals surface area contributed by atoms with Crippen molar-refractivity contribution in [1.29, 1.82) is 0 Å². The van der Waals surface area contributed by atoms with Crippen LogP contribution in [-0.4, -0.2) is 53.2 Å². The van der Waals surface area contributed by atoms with Crippen molar-refractivity contribution >= 4 is 39.3 Å². The van der Waals surface area contributed by atoms with Crippen LogP contribution in [0.3, 0.4) is 0 Å². The number of likely N-dealkylation sites (N-methyl/N-ethyl adjacent to an activating group) is 1. The Bertz CT molecular complexity index is 997. The number of fused-ring (bicyclic) bond motifs is 1. The zero-order valence-electron chi connectivity index (χ0n) is 18.2. The van der Waals surface area contributed by atoms with Gasteiger partial charge in [0.1, 0.15) is 6.04 Å². The maximum atomic E-state index is 13.4. The molecule has 4 rings (SSSR count). The summed E-state index contributed by atoms with van der Waals surface area (Å²) in [6, 6.07) is 16.1. The summed E-state index contributed by atoms with van der Waals surface area (Å²) in [5, 5.41) is 2.84. The lowest BCUT2D eigenvalue weighted by molar-refractivity contribution is -0.137. The molecule has 32 heavy (non-hydrogen) atoms. The molecule has 2 aliphatic rings. The largest absolute Gasteiger partial charge is 0.335 e. The first kappa shape index (κ1) is 22.5. The highest BCUT2D eigenvalue weighted by molar-refractivity contribution is 9.10. The fraction of sp³-hybridized carbons (Fsp3) is 0.400. The molecule has 1 aliphatic carbocycles. The van der Waals surface area contributed by atoms with Crippen LogP contribution in [0.5, 0.6) is 0 Å². The summed E-state index contributed by atoms with van der Waals surface area (Å²) in [5.74, 6) is -0.202. The average Bonchev–Trinajstić information content (AvgIpc) is 3.19. The Hall–Kier alpha value is -2.67. The van der Waals surface area contributed by atoms with Gasteiger partial charge in [-0.3, -0.25) is 14.4 Å². The first-order valence-electron chi connectivity index (χ1n) is 11.1. The number of benzene rings is 2. The molecule has 3 unspecified atom stereocenters. The van der Waals surface area contributed by atoms with Gasteiger partial charge in [-0.2, -0.15) is 0 Å². The fourth-order valence-corrected chi connectivity index (χ4v) is 5.39. The molecule has 1 saturated heterocycles. The fourth-order valence-electron chi connectivity index (χ4n) is 5.00. The molecule has 7 heteroatoms. The second-order valence-electron chi connectivity index (χ2n) is 8.66. The minimum atomic E-state index is -0.530. The minimum absolute atomic E-state index is 0.0701. The summed E-state index contributed by atoms with van der Waals surface area (Å²) in [4.78, 5) is 42.7. The van der Waals surface area contributed by atoms with Crippen molar-refractivity contribution in [2.45, 2.75) is 44.2 Å². The van der Waals surface area contributed by atoms with Crippen LogP contribution in [0.1, 0.15) is 42.5 Å². The van der Waals surface area contributed by atoms with E-state index in [4.69, 9.17) is 0 Å². The second kappa shape index (κ2) is 9.86.